The second kappa shape index (κ2) is 9.57. The first-order valence-electron chi connectivity index (χ1n) is 9.92. The summed E-state index contributed by atoms with van der Waals surface area (Å²) in [6, 6.07) is 1.61. The summed E-state index contributed by atoms with van der Waals surface area (Å²) in [6.45, 7) is -0.0794. The second-order valence-electron chi connectivity index (χ2n) is 7.89. The summed E-state index contributed by atoms with van der Waals surface area (Å²) < 4.78 is 68.5. The van der Waals surface area contributed by atoms with Gasteiger partial charge < -0.3 is 39.7 Å². The fourth-order valence-corrected chi connectivity index (χ4v) is 6.75. The monoisotopic (exact) mass is 588 g/mol. The molecule has 22 heteroatoms. The molecule has 1 aliphatic heterocycles. The average Bonchev–Trinajstić information content (AvgIpc) is 3.43. The Balaban J connectivity index is 1.59. The van der Waals surface area contributed by atoms with E-state index in [1.54, 1.807) is 6.07 Å². The number of anilines is 1. The van der Waals surface area contributed by atoms with Crippen LogP contribution in [0.25, 0.3) is 22.3 Å². The van der Waals surface area contributed by atoms with E-state index < -0.39 is 54.2 Å². The van der Waals surface area contributed by atoms with Crippen LogP contribution in [0.3, 0.4) is 0 Å². The lowest BCUT2D eigenvalue weighted by Gasteiger charge is -2.25. The van der Waals surface area contributed by atoms with Crippen molar-refractivity contribution >= 4 is 40.3 Å². The van der Waals surface area contributed by atoms with Gasteiger partial charge in [0.15, 0.2) is 11.9 Å². The molecule has 0 amide bonds. The molecule has 0 saturated carbocycles. The van der Waals surface area contributed by atoms with Gasteiger partial charge in [-0.15, -0.1) is 0 Å². The molecule has 1 aliphatic rings. The molecule has 0 aromatic carbocycles. The van der Waals surface area contributed by atoms with Crippen LogP contribution < -0.4 is 5.73 Å². The molecule has 6 atom stereocenters. The summed E-state index contributed by atoms with van der Waals surface area (Å²) in [7, 11) is -16.9. The molecule has 8 N–H and O–H groups in total. The van der Waals surface area contributed by atoms with Crippen LogP contribution in [0.15, 0.2) is 24.8 Å². The summed E-state index contributed by atoms with van der Waals surface area (Å²) in [5, 5.41) is 17.4. The number of aliphatic hydroxyl groups excluding tert-OH is 1. The standard InChI is InChI=1S/C15H20FN6O12P3/c1-15(16)11(23)9(5-31-36(27,28)34-37(29,30)33-35(24,25)26)32-14(15)22-4-7(8-2-3-20-21-8)10-12(17)18-6-19-13(10)22/h2-4,6,9,11,14,23H,5H2,1H3,(H,20,21)(H,27,28)(H,29,30)(H2,17,18,19)(H2,24,25,26)/t9-,11-,14-,15+/m1/s1. The third kappa shape index (κ3) is 5.83. The summed E-state index contributed by atoms with van der Waals surface area (Å²) in [6.07, 6.45) is -1.20. The van der Waals surface area contributed by atoms with Gasteiger partial charge in [-0.1, -0.05) is 0 Å². The number of nitrogens with two attached hydrogens (primary N) is 1. The second-order valence-corrected chi connectivity index (χ2v) is 12.3. The Morgan fingerprint density at radius 1 is 1.22 bits per heavy atom. The molecule has 3 aromatic heterocycles. The number of alkyl halides is 1. The minimum Gasteiger partial charge on any atom is -0.387 e. The lowest BCUT2D eigenvalue weighted by atomic mass is 9.98. The first-order valence-corrected chi connectivity index (χ1v) is 14.4. The summed E-state index contributed by atoms with van der Waals surface area (Å²) in [4.78, 5) is 44.1. The van der Waals surface area contributed by atoms with Gasteiger partial charge in [-0.25, -0.2) is 28.1 Å². The first kappa shape index (κ1) is 27.9. The number of fused-ring (bicyclic) bond motifs is 1. The van der Waals surface area contributed by atoms with Gasteiger partial charge in [0, 0.05) is 18.0 Å². The number of aromatic amines is 1. The highest BCUT2D eigenvalue weighted by Gasteiger charge is 2.56. The van der Waals surface area contributed by atoms with Gasteiger partial charge in [0.2, 0.25) is 0 Å². The molecule has 0 bridgehead atoms. The smallest absolute Gasteiger partial charge is 0.387 e. The van der Waals surface area contributed by atoms with Crippen molar-refractivity contribution < 1.29 is 60.6 Å². The number of nitrogens with zero attached hydrogens (tertiary/aromatic N) is 4. The molecule has 1 saturated heterocycles. The fourth-order valence-electron chi connectivity index (χ4n) is 3.72. The molecule has 0 aliphatic carbocycles. The van der Waals surface area contributed by atoms with Gasteiger partial charge in [-0.3, -0.25) is 9.62 Å². The molecular formula is C15H20FN6O12P3. The maximum atomic E-state index is 15.8. The maximum absolute atomic E-state index is 15.8. The zero-order valence-electron chi connectivity index (χ0n) is 18.4. The number of rotatable bonds is 9. The maximum Gasteiger partial charge on any atom is 0.490 e. The Bertz CT molecular complexity index is 1440. The lowest BCUT2D eigenvalue weighted by molar-refractivity contribution is -0.0557. The van der Waals surface area contributed by atoms with E-state index in [2.05, 4.69) is 33.3 Å². The van der Waals surface area contributed by atoms with Crippen molar-refractivity contribution in [2.45, 2.75) is 31.0 Å². The Kier molecular flexibility index (Phi) is 7.22. The van der Waals surface area contributed by atoms with Crippen LogP contribution in [0, 0.1) is 0 Å². The van der Waals surface area contributed by atoms with Gasteiger partial charge in [0.05, 0.1) is 17.7 Å². The molecule has 2 unspecified atom stereocenters. The van der Waals surface area contributed by atoms with Gasteiger partial charge in [-0.2, -0.15) is 13.7 Å². The van der Waals surface area contributed by atoms with E-state index in [9.17, 15) is 28.6 Å². The number of aliphatic hydroxyl groups is 1. The van der Waals surface area contributed by atoms with Gasteiger partial charge >= 0.3 is 23.5 Å². The van der Waals surface area contributed by atoms with Crippen LogP contribution in [-0.4, -0.2) is 73.9 Å². The summed E-state index contributed by atoms with van der Waals surface area (Å²) >= 11 is 0. The SMILES string of the molecule is C[C@]1(F)[C@H](O)[C@@H](COP(=O)(O)OP(=O)(O)OP(=O)(O)O)O[C@H]1n1cc(-c2ccn[nH]2)c2c(N)ncnc21. The van der Waals surface area contributed by atoms with Crippen molar-refractivity contribution in [3.8, 4) is 11.3 Å². The van der Waals surface area contributed by atoms with Crippen LogP contribution >= 0.6 is 23.5 Å². The molecule has 3 aromatic rings. The van der Waals surface area contributed by atoms with Crippen molar-refractivity contribution in [2.24, 2.45) is 0 Å². The van der Waals surface area contributed by atoms with E-state index in [-0.39, 0.29) is 11.5 Å². The van der Waals surface area contributed by atoms with Gasteiger partial charge in [0.25, 0.3) is 0 Å². The number of phosphoric ester groups is 1. The largest absolute Gasteiger partial charge is 0.490 e. The van der Waals surface area contributed by atoms with E-state index >= 15 is 4.39 Å². The van der Waals surface area contributed by atoms with E-state index in [0.29, 0.717) is 16.6 Å². The predicted molar refractivity (Wildman–Crippen MR) is 119 cm³/mol. The highest BCUT2D eigenvalue weighted by Crippen LogP contribution is 2.66. The summed E-state index contributed by atoms with van der Waals surface area (Å²) in [5.41, 5.74) is 4.47. The third-order valence-corrected chi connectivity index (χ3v) is 9.02. The van der Waals surface area contributed by atoms with Crippen LogP contribution in [0.5, 0.6) is 0 Å². The van der Waals surface area contributed by atoms with Crippen LogP contribution in [0.2, 0.25) is 0 Å². The molecule has 0 spiro atoms. The highest BCUT2D eigenvalue weighted by molar-refractivity contribution is 7.66. The van der Waals surface area contributed by atoms with Gasteiger partial charge in [-0.05, 0) is 13.0 Å². The first-order chi connectivity index (χ1) is 17.0. The number of hydrogen-bond donors (Lipinski definition) is 7. The quantitative estimate of drug-likeness (QED) is 0.170. The Hall–Kier alpha value is -2.11. The molecule has 18 nitrogen and oxygen atoms in total. The number of H-pyrrole nitrogens is 1. The topological polar surface area (TPSA) is 275 Å². The van der Waals surface area contributed by atoms with E-state index in [1.807, 2.05) is 0 Å². The molecule has 204 valence electrons. The van der Waals surface area contributed by atoms with E-state index in [4.69, 9.17) is 20.3 Å². The van der Waals surface area contributed by atoms with Crippen molar-refractivity contribution in [3.63, 3.8) is 0 Å². The Morgan fingerprint density at radius 2 is 1.92 bits per heavy atom. The van der Waals surface area contributed by atoms with E-state index in [1.165, 1.54) is 17.0 Å². The Labute approximate surface area is 205 Å². The highest BCUT2D eigenvalue weighted by atomic mass is 31.3. The number of phosphoric acid groups is 3. The number of aromatic nitrogens is 5. The lowest BCUT2D eigenvalue weighted by Crippen LogP contribution is -2.40. The number of nitrogens with one attached hydrogen (secondary N) is 1. The molecule has 1 fully saturated rings. The average molecular weight is 588 g/mol. The normalized spacial score (nSPS) is 27.8. The van der Waals surface area contributed by atoms with Crippen molar-refractivity contribution in [1.82, 2.24) is 24.7 Å². The minimum atomic E-state index is -5.77. The van der Waals surface area contributed by atoms with Crippen LogP contribution in [0.4, 0.5) is 10.2 Å². The molecule has 0 radical (unpaired) electrons. The van der Waals surface area contributed by atoms with Crippen LogP contribution in [-0.2, 0) is 31.6 Å². The zero-order chi connectivity index (χ0) is 27.4. The van der Waals surface area contributed by atoms with E-state index in [0.717, 1.165) is 13.3 Å². The molecular weight excluding hydrogens is 568 g/mol. The zero-order valence-corrected chi connectivity index (χ0v) is 21.1. The molecule has 4 heterocycles. The van der Waals surface area contributed by atoms with Crippen molar-refractivity contribution in [2.75, 3.05) is 12.3 Å². The predicted octanol–water partition coefficient (Wildman–Crippen LogP) is 0.733. The Morgan fingerprint density at radius 3 is 2.54 bits per heavy atom. The van der Waals surface area contributed by atoms with Crippen molar-refractivity contribution in [3.05, 3.63) is 24.8 Å². The number of ether oxygens (including phenoxy) is 1. The van der Waals surface area contributed by atoms with Crippen molar-refractivity contribution in [1.29, 1.82) is 0 Å². The number of nitrogen functional groups attached to an aromatic ring is 1. The third-order valence-electron chi connectivity index (χ3n) is 5.22. The molecule has 4 rings (SSSR count). The van der Waals surface area contributed by atoms with Crippen LogP contribution in [0.1, 0.15) is 13.2 Å². The summed E-state index contributed by atoms with van der Waals surface area (Å²) in [5.74, 6) is 0.0525. The molecule has 37 heavy (non-hydrogen) atoms. The van der Waals surface area contributed by atoms with Gasteiger partial charge in [0.1, 0.15) is 30.0 Å². The fraction of sp³-hybridized carbons (Fsp3) is 0.400. The number of halogens is 1. The number of hydrogen-bond acceptors (Lipinski definition) is 12. The minimum absolute atomic E-state index is 0.0525.